The van der Waals surface area contributed by atoms with Gasteiger partial charge in [-0.25, -0.2) is 4.98 Å². The lowest BCUT2D eigenvalue weighted by Crippen LogP contribution is -2.23. The predicted octanol–water partition coefficient (Wildman–Crippen LogP) is 1.32. The van der Waals surface area contributed by atoms with Gasteiger partial charge >= 0.3 is 0 Å². The van der Waals surface area contributed by atoms with E-state index in [9.17, 15) is 4.79 Å². The second-order valence-corrected chi connectivity index (χ2v) is 5.19. The summed E-state index contributed by atoms with van der Waals surface area (Å²) >= 11 is 0. The van der Waals surface area contributed by atoms with Gasteiger partial charge in [-0.3, -0.25) is 9.20 Å². The number of amides is 1. The molecule has 4 aromatic rings. The minimum atomic E-state index is -0.170. The first-order chi connectivity index (χ1) is 11.8. The number of aromatic nitrogens is 5. The average Bonchev–Trinajstić information content (AvgIpc) is 3.23. The molecule has 4 aromatic heterocycles. The Morgan fingerprint density at radius 1 is 1.29 bits per heavy atom. The van der Waals surface area contributed by atoms with Gasteiger partial charge in [0.2, 0.25) is 5.65 Å². The number of nitrogens with one attached hydrogen (secondary N) is 1. The fourth-order valence-corrected chi connectivity index (χ4v) is 2.56. The number of ether oxygens (including phenoxy) is 1. The Kier molecular flexibility index (Phi) is 3.34. The van der Waals surface area contributed by atoms with Gasteiger partial charge in [0.15, 0.2) is 5.82 Å². The fourth-order valence-electron chi connectivity index (χ4n) is 2.56. The topological polar surface area (TPSA) is 85.8 Å². The first-order valence-corrected chi connectivity index (χ1v) is 7.34. The van der Waals surface area contributed by atoms with Crippen LogP contribution in [-0.4, -0.2) is 37.0 Å². The summed E-state index contributed by atoms with van der Waals surface area (Å²) in [7, 11) is 1.52. The lowest BCUT2D eigenvalue weighted by molar-refractivity contribution is 0.0950. The number of carbonyl (C=O) groups is 1. The molecule has 4 rings (SSSR count). The molecule has 0 radical (unpaired) electrons. The van der Waals surface area contributed by atoms with E-state index in [0.29, 0.717) is 22.9 Å². The summed E-state index contributed by atoms with van der Waals surface area (Å²) in [6.45, 7) is 0.249. The molecule has 0 saturated heterocycles. The molecule has 0 aromatic carbocycles. The third kappa shape index (κ3) is 2.34. The van der Waals surface area contributed by atoms with E-state index >= 15 is 0 Å². The van der Waals surface area contributed by atoms with Gasteiger partial charge in [0.25, 0.3) is 11.8 Å². The monoisotopic (exact) mass is 322 g/mol. The Labute approximate surface area is 136 Å². The van der Waals surface area contributed by atoms with Crippen LogP contribution < -0.4 is 10.1 Å². The van der Waals surface area contributed by atoms with Gasteiger partial charge in [-0.15, -0.1) is 10.2 Å². The van der Waals surface area contributed by atoms with Gasteiger partial charge in [-0.05, 0) is 18.2 Å². The van der Waals surface area contributed by atoms with Crippen molar-refractivity contribution in [1.82, 2.24) is 29.3 Å². The van der Waals surface area contributed by atoms with Gasteiger partial charge in [0.05, 0.1) is 19.2 Å². The van der Waals surface area contributed by atoms with Crippen LogP contribution in [0, 0.1) is 0 Å². The molecule has 1 amide bonds. The van der Waals surface area contributed by atoms with Gasteiger partial charge in [-0.2, -0.15) is 0 Å². The SMILES string of the molecule is COc1nccn2c(CNC(=O)c3cc4ccccn4c3)nnc12. The second kappa shape index (κ2) is 5.65. The van der Waals surface area contributed by atoms with Crippen LogP contribution in [0.3, 0.4) is 0 Å². The smallest absolute Gasteiger partial charge is 0.260 e. The quantitative estimate of drug-likeness (QED) is 0.612. The molecule has 24 heavy (non-hydrogen) atoms. The minimum Gasteiger partial charge on any atom is -0.478 e. The molecular weight excluding hydrogens is 308 g/mol. The highest BCUT2D eigenvalue weighted by Gasteiger charge is 2.13. The first kappa shape index (κ1) is 14.2. The Morgan fingerprint density at radius 3 is 3.04 bits per heavy atom. The summed E-state index contributed by atoms with van der Waals surface area (Å²) in [4.78, 5) is 16.4. The van der Waals surface area contributed by atoms with Crippen molar-refractivity contribution in [1.29, 1.82) is 0 Å². The second-order valence-electron chi connectivity index (χ2n) is 5.19. The summed E-state index contributed by atoms with van der Waals surface area (Å²) in [6.07, 6.45) is 7.02. The zero-order chi connectivity index (χ0) is 16.5. The molecule has 0 fully saturated rings. The predicted molar refractivity (Wildman–Crippen MR) is 85.9 cm³/mol. The zero-order valence-electron chi connectivity index (χ0n) is 12.9. The van der Waals surface area contributed by atoms with E-state index in [0.717, 1.165) is 5.52 Å². The number of carbonyl (C=O) groups excluding carboxylic acids is 1. The summed E-state index contributed by atoms with van der Waals surface area (Å²) in [5.41, 5.74) is 2.07. The molecule has 0 atom stereocenters. The molecule has 0 aliphatic carbocycles. The van der Waals surface area contributed by atoms with Crippen LogP contribution >= 0.6 is 0 Å². The van der Waals surface area contributed by atoms with Crippen LogP contribution in [-0.2, 0) is 6.54 Å². The summed E-state index contributed by atoms with van der Waals surface area (Å²) in [5, 5.41) is 11.0. The average molecular weight is 322 g/mol. The Hall–Kier alpha value is -3.42. The highest BCUT2D eigenvalue weighted by Crippen LogP contribution is 2.14. The van der Waals surface area contributed by atoms with Gasteiger partial charge in [-0.1, -0.05) is 6.07 Å². The van der Waals surface area contributed by atoms with E-state index in [1.807, 2.05) is 34.9 Å². The van der Waals surface area contributed by atoms with E-state index < -0.39 is 0 Å². The number of hydrogen-bond donors (Lipinski definition) is 1. The Morgan fingerprint density at radius 2 is 2.21 bits per heavy atom. The molecule has 0 aliphatic heterocycles. The lowest BCUT2D eigenvalue weighted by Gasteiger charge is -2.03. The highest BCUT2D eigenvalue weighted by molar-refractivity contribution is 5.95. The van der Waals surface area contributed by atoms with Crippen LogP contribution in [0.1, 0.15) is 16.2 Å². The number of hydrogen-bond acceptors (Lipinski definition) is 5. The van der Waals surface area contributed by atoms with Crippen LogP contribution in [0.2, 0.25) is 0 Å². The summed E-state index contributed by atoms with van der Waals surface area (Å²) < 4.78 is 8.78. The lowest BCUT2D eigenvalue weighted by atomic mass is 10.3. The molecule has 8 nitrogen and oxygen atoms in total. The Bertz CT molecular complexity index is 1000. The fraction of sp³-hybridized carbons (Fsp3) is 0.125. The molecular formula is C16H14N6O2. The third-order valence-corrected chi connectivity index (χ3v) is 3.73. The molecule has 8 heteroatoms. The van der Waals surface area contributed by atoms with Gasteiger partial charge < -0.3 is 14.5 Å². The van der Waals surface area contributed by atoms with Crippen molar-refractivity contribution in [2.75, 3.05) is 7.11 Å². The number of fused-ring (bicyclic) bond motifs is 2. The van der Waals surface area contributed by atoms with Crippen molar-refractivity contribution >= 4 is 17.1 Å². The zero-order valence-corrected chi connectivity index (χ0v) is 12.9. The standard InChI is InChI=1S/C16H14N6O2/c1-24-16-14-20-19-13(22(14)7-5-17-16)9-18-15(23)11-8-12-4-2-3-6-21(12)10-11/h2-8,10H,9H2,1H3,(H,18,23). The molecule has 0 bridgehead atoms. The third-order valence-electron chi connectivity index (χ3n) is 3.73. The van der Waals surface area contributed by atoms with Crippen LogP contribution in [0.25, 0.3) is 11.2 Å². The summed E-state index contributed by atoms with van der Waals surface area (Å²) in [6, 6.07) is 7.63. The molecule has 4 heterocycles. The first-order valence-electron chi connectivity index (χ1n) is 7.34. The van der Waals surface area contributed by atoms with Crippen LogP contribution in [0.5, 0.6) is 5.88 Å². The van der Waals surface area contributed by atoms with E-state index in [1.54, 1.807) is 23.0 Å². The van der Waals surface area contributed by atoms with Gasteiger partial charge in [0, 0.05) is 30.3 Å². The van der Waals surface area contributed by atoms with Crippen LogP contribution in [0.4, 0.5) is 0 Å². The number of methoxy groups -OCH3 is 1. The number of rotatable bonds is 4. The minimum absolute atomic E-state index is 0.170. The maximum Gasteiger partial charge on any atom is 0.260 e. The van der Waals surface area contributed by atoms with E-state index in [4.69, 9.17) is 4.74 Å². The molecule has 0 aliphatic rings. The largest absolute Gasteiger partial charge is 0.478 e. The van der Waals surface area contributed by atoms with Gasteiger partial charge in [0.1, 0.15) is 0 Å². The molecule has 0 saturated carbocycles. The van der Waals surface area contributed by atoms with Crippen LogP contribution in [0.15, 0.2) is 49.1 Å². The maximum absolute atomic E-state index is 12.3. The molecule has 1 N–H and O–H groups in total. The van der Waals surface area contributed by atoms with Crippen molar-refractivity contribution < 1.29 is 9.53 Å². The van der Waals surface area contributed by atoms with E-state index in [2.05, 4.69) is 20.5 Å². The van der Waals surface area contributed by atoms with E-state index in [1.165, 1.54) is 7.11 Å². The maximum atomic E-state index is 12.3. The molecule has 0 unspecified atom stereocenters. The van der Waals surface area contributed by atoms with E-state index in [-0.39, 0.29) is 12.5 Å². The normalized spacial score (nSPS) is 11.0. The molecule has 120 valence electrons. The Balaban J connectivity index is 1.55. The highest BCUT2D eigenvalue weighted by atomic mass is 16.5. The number of nitrogens with zero attached hydrogens (tertiary/aromatic N) is 5. The van der Waals surface area contributed by atoms with Crippen molar-refractivity contribution in [3.8, 4) is 5.88 Å². The summed E-state index contributed by atoms with van der Waals surface area (Å²) in [5.74, 6) is 0.820. The van der Waals surface area contributed by atoms with Crippen molar-refractivity contribution in [3.05, 3.63) is 60.4 Å². The van der Waals surface area contributed by atoms with Crippen molar-refractivity contribution in [3.63, 3.8) is 0 Å². The molecule has 0 spiro atoms. The number of pyridine rings is 1. The van der Waals surface area contributed by atoms with Crippen molar-refractivity contribution in [2.24, 2.45) is 0 Å². The van der Waals surface area contributed by atoms with Crippen molar-refractivity contribution in [2.45, 2.75) is 6.54 Å².